The van der Waals surface area contributed by atoms with Crippen molar-refractivity contribution in [1.82, 2.24) is 15.0 Å². The Bertz CT molecular complexity index is 511. The van der Waals surface area contributed by atoms with Gasteiger partial charge in [-0.15, -0.1) is 5.10 Å². The van der Waals surface area contributed by atoms with E-state index in [-0.39, 0.29) is 4.83 Å². The van der Waals surface area contributed by atoms with Crippen molar-refractivity contribution in [2.45, 2.75) is 11.8 Å². The molecule has 1 unspecified atom stereocenters. The van der Waals surface area contributed by atoms with Crippen LogP contribution in [0.1, 0.15) is 17.4 Å². The van der Waals surface area contributed by atoms with Crippen molar-refractivity contribution in [2.24, 2.45) is 0 Å². The smallest absolute Gasteiger partial charge is 0.0965 e. The summed E-state index contributed by atoms with van der Waals surface area (Å²) in [5, 5.41) is 9.18. The fraction of sp³-hybridized carbons (Fsp3) is 0.200. The zero-order valence-corrected chi connectivity index (χ0v) is 11.5. The lowest BCUT2D eigenvalue weighted by molar-refractivity contribution is 0.798. The largest absolute Gasteiger partial charge is 0.219 e. The second kappa shape index (κ2) is 4.73. The lowest BCUT2D eigenvalue weighted by atomic mass is 10.3. The molecule has 0 bridgehead atoms. The SMILES string of the molecule is CC(Br)c1cn(-c2ccc(Cl)cc2Cl)nn1. The van der Waals surface area contributed by atoms with Crippen molar-refractivity contribution in [3.05, 3.63) is 40.1 Å². The van der Waals surface area contributed by atoms with Crippen LogP contribution < -0.4 is 0 Å². The lowest BCUT2D eigenvalue weighted by Crippen LogP contribution is -1.95. The molecular weight excluding hydrogens is 313 g/mol. The van der Waals surface area contributed by atoms with Crippen LogP contribution in [0, 0.1) is 0 Å². The Balaban J connectivity index is 2.42. The summed E-state index contributed by atoms with van der Waals surface area (Å²) in [4.78, 5) is 0.160. The van der Waals surface area contributed by atoms with Gasteiger partial charge in [0.1, 0.15) is 0 Å². The molecule has 84 valence electrons. The second-order valence-electron chi connectivity index (χ2n) is 3.30. The fourth-order valence-electron chi connectivity index (χ4n) is 1.24. The third-order valence-corrected chi connectivity index (χ3v) is 3.08. The molecule has 1 aromatic heterocycles. The molecule has 16 heavy (non-hydrogen) atoms. The van der Waals surface area contributed by atoms with E-state index in [1.165, 1.54) is 0 Å². The summed E-state index contributed by atoms with van der Waals surface area (Å²) in [6.45, 7) is 1.98. The van der Waals surface area contributed by atoms with Gasteiger partial charge in [-0.25, -0.2) is 4.68 Å². The monoisotopic (exact) mass is 319 g/mol. The molecule has 0 aliphatic carbocycles. The third kappa shape index (κ3) is 2.39. The Morgan fingerprint density at radius 3 is 2.69 bits per heavy atom. The lowest BCUT2D eigenvalue weighted by Gasteiger charge is -2.03. The predicted molar refractivity (Wildman–Crippen MR) is 68.7 cm³/mol. The molecule has 6 heteroatoms. The highest BCUT2D eigenvalue weighted by Crippen LogP contribution is 2.25. The van der Waals surface area contributed by atoms with E-state index >= 15 is 0 Å². The predicted octanol–water partition coefficient (Wildman–Crippen LogP) is 4.03. The first-order valence-electron chi connectivity index (χ1n) is 4.59. The van der Waals surface area contributed by atoms with E-state index in [4.69, 9.17) is 23.2 Å². The zero-order valence-electron chi connectivity index (χ0n) is 8.36. The summed E-state index contributed by atoms with van der Waals surface area (Å²) in [6.07, 6.45) is 1.83. The standard InChI is InChI=1S/C10H8BrCl2N3/c1-6(11)9-5-16(15-14-9)10-3-2-7(12)4-8(10)13/h2-6H,1H3. The number of hydrogen-bond acceptors (Lipinski definition) is 2. The van der Waals surface area contributed by atoms with E-state index in [0.717, 1.165) is 11.4 Å². The van der Waals surface area contributed by atoms with Crippen LogP contribution in [-0.2, 0) is 0 Å². The number of benzene rings is 1. The molecule has 0 spiro atoms. The molecule has 0 saturated carbocycles. The van der Waals surface area contributed by atoms with E-state index in [2.05, 4.69) is 26.2 Å². The third-order valence-electron chi connectivity index (χ3n) is 2.08. The van der Waals surface area contributed by atoms with E-state index in [9.17, 15) is 0 Å². The number of hydrogen-bond donors (Lipinski definition) is 0. The van der Waals surface area contributed by atoms with Crippen molar-refractivity contribution in [3.8, 4) is 5.69 Å². The van der Waals surface area contributed by atoms with Crippen LogP contribution in [0.25, 0.3) is 5.69 Å². The molecule has 0 saturated heterocycles. The van der Waals surface area contributed by atoms with Gasteiger partial charge in [-0.1, -0.05) is 44.3 Å². The Hall–Kier alpha value is -0.580. The molecule has 0 N–H and O–H groups in total. The average Bonchev–Trinajstić information content (AvgIpc) is 2.66. The van der Waals surface area contributed by atoms with Crippen LogP contribution in [0.5, 0.6) is 0 Å². The van der Waals surface area contributed by atoms with Crippen molar-refractivity contribution >= 4 is 39.1 Å². The van der Waals surface area contributed by atoms with Crippen molar-refractivity contribution in [3.63, 3.8) is 0 Å². The molecule has 3 nitrogen and oxygen atoms in total. The van der Waals surface area contributed by atoms with Crippen LogP contribution in [0.3, 0.4) is 0 Å². The Labute approximate surface area is 111 Å². The van der Waals surface area contributed by atoms with Crippen LogP contribution in [0.15, 0.2) is 24.4 Å². The molecule has 2 aromatic rings. The second-order valence-corrected chi connectivity index (χ2v) is 5.52. The highest BCUT2D eigenvalue weighted by Gasteiger charge is 2.09. The van der Waals surface area contributed by atoms with E-state index in [0.29, 0.717) is 10.0 Å². The number of aromatic nitrogens is 3. The maximum Gasteiger partial charge on any atom is 0.0965 e. The molecular formula is C10H8BrCl2N3. The first-order chi connectivity index (χ1) is 7.58. The summed E-state index contributed by atoms with van der Waals surface area (Å²) in [7, 11) is 0. The maximum atomic E-state index is 6.07. The van der Waals surface area contributed by atoms with Crippen LogP contribution in [-0.4, -0.2) is 15.0 Å². The minimum Gasteiger partial charge on any atom is -0.219 e. The van der Waals surface area contributed by atoms with Crippen LogP contribution in [0.2, 0.25) is 10.0 Å². The van der Waals surface area contributed by atoms with Crippen molar-refractivity contribution < 1.29 is 0 Å². The van der Waals surface area contributed by atoms with Gasteiger partial charge in [0.05, 0.1) is 27.4 Å². The van der Waals surface area contributed by atoms with E-state index < -0.39 is 0 Å². The van der Waals surface area contributed by atoms with E-state index in [1.807, 2.05) is 19.2 Å². The topological polar surface area (TPSA) is 30.7 Å². The summed E-state index contributed by atoms with van der Waals surface area (Å²) in [5.41, 5.74) is 1.61. The Kier molecular flexibility index (Phi) is 3.52. The molecule has 2 rings (SSSR count). The van der Waals surface area contributed by atoms with Gasteiger partial charge in [-0.3, -0.25) is 0 Å². The molecule has 0 aliphatic heterocycles. The van der Waals surface area contributed by atoms with Crippen molar-refractivity contribution in [2.75, 3.05) is 0 Å². The summed E-state index contributed by atoms with van der Waals surface area (Å²) >= 11 is 15.3. The minimum absolute atomic E-state index is 0.160. The zero-order chi connectivity index (χ0) is 11.7. The fourth-order valence-corrected chi connectivity index (χ4v) is 1.95. The van der Waals surface area contributed by atoms with Gasteiger partial charge in [0, 0.05) is 5.02 Å². The molecule has 0 radical (unpaired) electrons. The van der Waals surface area contributed by atoms with Crippen LogP contribution in [0.4, 0.5) is 0 Å². The quantitative estimate of drug-likeness (QED) is 0.782. The number of nitrogens with zero attached hydrogens (tertiary/aromatic N) is 3. The highest BCUT2D eigenvalue weighted by atomic mass is 79.9. The highest BCUT2D eigenvalue weighted by molar-refractivity contribution is 9.09. The van der Waals surface area contributed by atoms with Crippen molar-refractivity contribution in [1.29, 1.82) is 0 Å². The minimum atomic E-state index is 0.160. The van der Waals surface area contributed by atoms with Gasteiger partial charge in [0.2, 0.25) is 0 Å². The van der Waals surface area contributed by atoms with Gasteiger partial charge in [0.25, 0.3) is 0 Å². The molecule has 1 atom stereocenters. The number of halogens is 3. The van der Waals surface area contributed by atoms with Gasteiger partial charge < -0.3 is 0 Å². The summed E-state index contributed by atoms with van der Waals surface area (Å²) in [6, 6.07) is 5.25. The molecule has 1 heterocycles. The maximum absolute atomic E-state index is 6.07. The Morgan fingerprint density at radius 1 is 1.38 bits per heavy atom. The van der Waals surface area contributed by atoms with Gasteiger partial charge in [-0.05, 0) is 25.1 Å². The Morgan fingerprint density at radius 2 is 2.12 bits per heavy atom. The average molecular weight is 321 g/mol. The molecule has 0 fully saturated rings. The molecule has 0 aliphatic rings. The van der Waals surface area contributed by atoms with Crippen LogP contribution >= 0.6 is 39.1 Å². The molecule has 1 aromatic carbocycles. The summed E-state index contributed by atoms with van der Waals surface area (Å²) in [5.74, 6) is 0. The molecule has 0 amide bonds. The first-order valence-corrected chi connectivity index (χ1v) is 6.27. The van der Waals surface area contributed by atoms with E-state index in [1.54, 1.807) is 16.8 Å². The van der Waals surface area contributed by atoms with Gasteiger partial charge in [0.15, 0.2) is 0 Å². The van der Waals surface area contributed by atoms with Gasteiger partial charge >= 0.3 is 0 Å². The number of rotatable bonds is 2. The summed E-state index contributed by atoms with van der Waals surface area (Å²) < 4.78 is 1.63. The normalized spacial score (nSPS) is 12.8. The number of alkyl halides is 1. The van der Waals surface area contributed by atoms with Gasteiger partial charge in [-0.2, -0.15) is 0 Å². The first kappa shape index (κ1) is 11.9.